The number of methoxy groups -OCH3 is 1. The molecule has 0 spiro atoms. The van der Waals surface area contributed by atoms with Crippen LogP contribution in [-0.2, 0) is 4.74 Å². The zero-order valence-electron chi connectivity index (χ0n) is 10.0. The molecule has 0 atom stereocenters. The van der Waals surface area contributed by atoms with Gasteiger partial charge < -0.3 is 9.84 Å². The second-order valence-electron chi connectivity index (χ2n) is 3.51. The van der Waals surface area contributed by atoms with E-state index in [-0.39, 0.29) is 29.0 Å². The van der Waals surface area contributed by atoms with E-state index in [1.165, 1.54) is 31.4 Å². The lowest BCUT2D eigenvalue weighted by atomic mass is 10.1. The molecule has 6 nitrogen and oxygen atoms in total. The van der Waals surface area contributed by atoms with Gasteiger partial charge in [0.25, 0.3) is 0 Å². The van der Waals surface area contributed by atoms with E-state index >= 15 is 0 Å². The normalized spacial score (nSPS) is 11.1. The van der Waals surface area contributed by atoms with Crippen LogP contribution in [0.15, 0.2) is 23.9 Å². The number of rotatable bonds is 4. The molecule has 0 amide bonds. The molecule has 0 unspecified atom stereocenters. The van der Waals surface area contributed by atoms with Gasteiger partial charge in [0.2, 0.25) is 5.70 Å². The first kappa shape index (κ1) is 13.7. The third-order valence-corrected chi connectivity index (χ3v) is 2.37. The summed E-state index contributed by atoms with van der Waals surface area (Å²) in [6, 6.07) is 4.03. The lowest BCUT2D eigenvalue weighted by Gasteiger charge is -2.03. The van der Waals surface area contributed by atoms with Crippen molar-refractivity contribution in [3.05, 3.63) is 45.1 Å². The number of phenolic OH excluding ortho intramolecular Hbond substituents is 1. The van der Waals surface area contributed by atoms with Crippen LogP contribution in [0, 0.1) is 10.1 Å². The number of ether oxygens (including phenoxy) is 1. The average Bonchev–Trinajstić information content (AvgIpc) is 2.36. The zero-order chi connectivity index (χ0) is 13.7. The molecule has 0 radical (unpaired) electrons. The number of esters is 1. The molecule has 0 aliphatic rings. The summed E-state index contributed by atoms with van der Waals surface area (Å²) in [5.74, 6) is -0.695. The van der Waals surface area contributed by atoms with Crippen LogP contribution < -0.4 is 0 Å². The molecule has 18 heavy (non-hydrogen) atoms. The van der Waals surface area contributed by atoms with E-state index in [2.05, 4.69) is 4.74 Å². The summed E-state index contributed by atoms with van der Waals surface area (Å²) in [4.78, 5) is 21.5. The lowest BCUT2D eigenvalue weighted by molar-refractivity contribution is -0.425. The SMILES string of the molecule is CC/C(=C\c1cc(C(=O)OC)ccc1O)[N+](=O)[O-]. The molecule has 0 saturated carbocycles. The van der Waals surface area contributed by atoms with Gasteiger partial charge in [0.15, 0.2) is 0 Å². The summed E-state index contributed by atoms with van der Waals surface area (Å²) < 4.78 is 4.53. The average molecular weight is 251 g/mol. The summed E-state index contributed by atoms with van der Waals surface area (Å²) in [6.07, 6.45) is 1.46. The molecule has 0 aromatic heterocycles. The minimum absolute atomic E-state index is 0.0488. The van der Waals surface area contributed by atoms with Crippen molar-refractivity contribution in [3.8, 4) is 5.75 Å². The van der Waals surface area contributed by atoms with Crippen LogP contribution in [0.25, 0.3) is 6.08 Å². The van der Waals surface area contributed by atoms with Crippen LogP contribution >= 0.6 is 0 Å². The first-order chi connectivity index (χ1) is 8.49. The van der Waals surface area contributed by atoms with Crippen molar-refractivity contribution in [1.29, 1.82) is 0 Å². The Hall–Kier alpha value is -2.37. The van der Waals surface area contributed by atoms with E-state index < -0.39 is 10.9 Å². The van der Waals surface area contributed by atoms with Crippen molar-refractivity contribution in [3.63, 3.8) is 0 Å². The minimum Gasteiger partial charge on any atom is -0.507 e. The zero-order valence-corrected chi connectivity index (χ0v) is 10.0. The molecule has 1 rings (SSSR count). The van der Waals surface area contributed by atoms with Gasteiger partial charge in [-0.1, -0.05) is 6.92 Å². The highest BCUT2D eigenvalue weighted by Gasteiger charge is 2.12. The van der Waals surface area contributed by atoms with Gasteiger partial charge in [-0.15, -0.1) is 0 Å². The second kappa shape index (κ2) is 5.81. The van der Waals surface area contributed by atoms with Gasteiger partial charge in [-0.05, 0) is 18.2 Å². The topological polar surface area (TPSA) is 89.7 Å². The Morgan fingerprint density at radius 3 is 2.72 bits per heavy atom. The molecule has 0 aliphatic carbocycles. The van der Waals surface area contributed by atoms with E-state index in [0.29, 0.717) is 0 Å². The fraction of sp³-hybridized carbons (Fsp3) is 0.250. The smallest absolute Gasteiger partial charge is 0.337 e. The van der Waals surface area contributed by atoms with Gasteiger partial charge in [-0.2, -0.15) is 0 Å². The number of hydrogen-bond acceptors (Lipinski definition) is 5. The number of allylic oxidation sites excluding steroid dienone is 1. The Kier molecular flexibility index (Phi) is 4.42. The number of benzene rings is 1. The number of carbonyl (C=O) groups is 1. The highest BCUT2D eigenvalue weighted by molar-refractivity contribution is 5.90. The number of nitro groups is 1. The molecule has 0 fully saturated rings. The maximum Gasteiger partial charge on any atom is 0.337 e. The molecule has 6 heteroatoms. The molecule has 0 heterocycles. The van der Waals surface area contributed by atoms with Crippen molar-refractivity contribution in [1.82, 2.24) is 0 Å². The quantitative estimate of drug-likeness (QED) is 0.503. The maximum atomic E-state index is 11.3. The molecular weight excluding hydrogens is 238 g/mol. The largest absolute Gasteiger partial charge is 0.507 e. The van der Waals surface area contributed by atoms with Crippen molar-refractivity contribution < 1.29 is 19.6 Å². The van der Waals surface area contributed by atoms with E-state index in [1.54, 1.807) is 6.92 Å². The van der Waals surface area contributed by atoms with Crippen LogP contribution in [0.1, 0.15) is 29.3 Å². The van der Waals surface area contributed by atoms with Crippen LogP contribution in [-0.4, -0.2) is 23.1 Å². The van der Waals surface area contributed by atoms with Gasteiger partial charge in [0, 0.05) is 18.1 Å². The molecule has 0 aliphatic heterocycles. The van der Waals surface area contributed by atoms with Crippen LogP contribution in [0.5, 0.6) is 5.75 Å². The Balaban J connectivity index is 3.23. The molecule has 1 N–H and O–H groups in total. The summed E-state index contributed by atoms with van der Waals surface area (Å²) >= 11 is 0. The van der Waals surface area contributed by atoms with E-state index in [4.69, 9.17) is 0 Å². The Labute approximate surface area is 104 Å². The maximum absolute atomic E-state index is 11.3. The van der Waals surface area contributed by atoms with E-state index in [0.717, 1.165) is 0 Å². The lowest BCUT2D eigenvalue weighted by Crippen LogP contribution is -2.01. The van der Waals surface area contributed by atoms with Gasteiger partial charge in [-0.25, -0.2) is 4.79 Å². The van der Waals surface area contributed by atoms with E-state index in [9.17, 15) is 20.0 Å². The van der Waals surface area contributed by atoms with Crippen molar-refractivity contribution in [2.24, 2.45) is 0 Å². The van der Waals surface area contributed by atoms with Gasteiger partial charge >= 0.3 is 5.97 Å². The summed E-state index contributed by atoms with van der Waals surface area (Å²) in [6.45, 7) is 1.63. The first-order valence-electron chi connectivity index (χ1n) is 5.25. The fourth-order valence-electron chi connectivity index (χ4n) is 1.38. The predicted molar refractivity (Wildman–Crippen MR) is 64.7 cm³/mol. The van der Waals surface area contributed by atoms with Crippen LogP contribution in [0.2, 0.25) is 0 Å². The Bertz CT molecular complexity index is 507. The third kappa shape index (κ3) is 3.07. The summed E-state index contributed by atoms with van der Waals surface area (Å²) in [7, 11) is 1.24. The first-order valence-corrected chi connectivity index (χ1v) is 5.25. The number of nitrogens with zero attached hydrogens (tertiary/aromatic N) is 1. The van der Waals surface area contributed by atoms with Gasteiger partial charge in [0.1, 0.15) is 5.75 Å². The predicted octanol–water partition coefficient (Wildman–Crippen LogP) is 2.21. The third-order valence-electron chi connectivity index (χ3n) is 2.37. The fourth-order valence-corrected chi connectivity index (χ4v) is 1.38. The van der Waals surface area contributed by atoms with Crippen LogP contribution in [0.4, 0.5) is 0 Å². The van der Waals surface area contributed by atoms with E-state index in [1.807, 2.05) is 0 Å². The highest BCUT2D eigenvalue weighted by atomic mass is 16.6. The number of carbonyl (C=O) groups excluding carboxylic acids is 1. The number of hydrogen-bond donors (Lipinski definition) is 1. The van der Waals surface area contributed by atoms with Crippen LogP contribution in [0.3, 0.4) is 0 Å². The Morgan fingerprint density at radius 1 is 1.56 bits per heavy atom. The number of phenols is 1. The molecule has 1 aromatic carbocycles. The summed E-state index contributed by atoms with van der Waals surface area (Å²) in [5, 5.41) is 20.3. The summed E-state index contributed by atoms with van der Waals surface area (Å²) in [5.41, 5.74) is 0.388. The molecule has 0 saturated heterocycles. The van der Waals surface area contributed by atoms with Gasteiger partial charge in [0.05, 0.1) is 17.6 Å². The standard InChI is InChI=1S/C12H13NO5/c1-3-10(13(16)17)7-9-6-8(12(15)18-2)4-5-11(9)14/h4-7,14H,3H2,1-2H3/b10-7+. The minimum atomic E-state index is -0.566. The molecule has 96 valence electrons. The molecule has 1 aromatic rings. The Morgan fingerprint density at radius 2 is 2.22 bits per heavy atom. The van der Waals surface area contributed by atoms with Gasteiger partial charge in [-0.3, -0.25) is 10.1 Å². The highest BCUT2D eigenvalue weighted by Crippen LogP contribution is 2.22. The van der Waals surface area contributed by atoms with Crippen molar-refractivity contribution >= 4 is 12.0 Å². The van der Waals surface area contributed by atoms with Crippen molar-refractivity contribution in [2.45, 2.75) is 13.3 Å². The molecule has 0 bridgehead atoms. The monoisotopic (exact) mass is 251 g/mol. The number of aromatic hydroxyl groups is 1. The second-order valence-corrected chi connectivity index (χ2v) is 3.51. The van der Waals surface area contributed by atoms with Crippen molar-refractivity contribution in [2.75, 3.05) is 7.11 Å². The molecular formula is C12H13NO5.